The van der Waals surface area contributed by atoms with Crippen LogP contribution in [0.25, 0.3) is 0 Å². The smallest absolute Gasteiger partial charge is 0.139 e. The highest BCUT2D eigenvalue weighted by Crippen LogP contribution is 2.35. The van der Waals surface area contributed by atoms with Crippen LogP contribution >= 0.6 is 0 Å². The molecular formula is C7H16N+. The van der Waals surface area contributed by atoms with E-state index in [2.05, 4.69) is 27.8 Å². The van der Waals surface area contributed by atoms with Crippen molar-refractivity contribution in [2.45, 2.75) is 32.9 Å². The van der Waals surface area contributed by atoms with Gasteiger partial charge in [-0.1, -0.05) is 0 Å². The maximum atomic E-state index is 2.33. The predicted octanol–water partition coefficient (Wildman–Crippen LogP) is 1.24. The fourth-order valence-electron chi connectivity index (χ4n) is 1.52. The summed E-state index contributed by atoms with van der Waals surface area (Å²) < 4.78 is 1.29. The Bertz CT molecular complexity index is 90.6. The van der Waals surface area contributed by atoms with E-state index in [-0.39, 0.29) is 0 Å². The number of rotatable bonds is 1. The van der Waals surface area contributed by atoms with Crippen molar-refractivity contribution in [3.8, 4) is 0 Å². The first kappa shape index (κ1) is 6.09. The van der Waals surface area contributed by atoms with Crippen LogP contribution in [0.4, 0.5) is 0 Å². The molecule has 0 aromatic heterocycles. The molecule has 1 fully saturated rings. The Kier molecular flexibility index (Phi) is 1.12. The van der Waals surface area contributed by atoms with Gasteiger partial charge >= 0.3 is 0 Å². The zero-order valence-corrected chi connectivity index (χ0v) is 6.31. The number of likely N-dealkylation sites (N-methyl/N-ethyl adjacent to an activating group) is 1. The maximum Gasteiger partial charge on any atom is 0.139 e. The van der Waals surface area contributed by atoms with Crippen LogP contribution in [0.3, 0.4) is 0 Å². The average Bonchev–Trinajstić information content (AvgIpc) is 2.22. The summed E-state index contributed by atoms with van der Waals surface area (Å²) in [6, 6.07) is 1.83. The Morgan fingerprint density at radius 2 is 1.62 bits per heavy atom. The van der Waals surface area contributed by atoms with Crippen LogP contribution in [0.15, 0.2) is 0 Å². The van der Waals surface area contributed by atoms with Gasteiger partial charge in [-0.25, -0.2) is 0 Å². The van der Waals surface area contributed by atoms with Crippen molar-refractivity contribution in [1.29, 1.82) is 0 Å². The summed E-state index contributed by atoms with van der Waals surface area (Å²) in [6.07, 6.45) is 0. The second kappa shape index (κ2) is 1.47. The van der Waals surface area contributed by atoms with Gasteiger partial charge in [-0.3, -0.25) is 0 Å². The molecule has 1 saturated heterocycles. The molecule has 0 aliphatic carbocycles. The highest BCUT2D eigenvalue weighted by Gasteiger charge is 2.55. The zero-order chi connectivity index (χ0) is 6.36. The minimum atomic E-state index is 0.917. The van der Waals surface area contributed by atoms with Crippen molar-refractivity contribution in [1.82, 2.24) is 0 Å². The van der Waals surface area contributed by atoms with Crippen LogP contribution in [-0.4, -0.2) is 30.2 Å². The van der Waals surface area contributed by atoms with Crippen LogP contribution in [0.2, 0.25) is 0 Å². The van der Waals surface area contributed by atoms with E-state index in [1.54, 1.807) is 0 Å². The van der Waals surface area contributed by atoms with Crippen molar-refractivity contribution in [3.63, 3.8) is 0 Å². The molecular weight excluding hydrogens is 98.1 g/mol. The third-order valence-corrected chi connectivity index (χ3v) is 3.15. The normalized spacial score (nSPS) is 54.0. The van der Waals surface area contributed by atoms with Gasteiger partial charge in [0, 0.05) is 0 Å². The van der Waals surface area contributed by atoms with Gasteiger partial charge in [0.25, 0.3) is 0 Å². The Morgan fingerprint density at radius 1 is 1.25 bits per heavy atom. The fourth-order valence-corrected chi connectivity index (χ4v) is 1.52. The van der Waals surface area contributed by atoms with Crippen LogP contribution in [-0.2, 0) is 0 Å². The highest BCUT2D eigenvalue weighted by molar-refractivity contribution is 4.77. The number of nitrogens with zero attached hydrogens (tertiary/aromatic N) is 1. The maximum absolute atomic E-state index is 2.33. The molecule has 0 radical (unpaired) electrons. The van der Waals surface area contributed by atoms with Gasteiger partial charge in [0.15, 0.2) is 0 Å². The first-order valence-electron chi connectivity index (χ1n) is 3.47. The Balaban J connectivity index is 2.50. The fraction of sp³-hybridized carbons (Fsp3) is 1.00. The molecule has 0 amide bonds. The van der Waals surface area contributed by atoms with Gasteiger partial charge in [0.2, 0.25) is 0 Å². The molecule has 0 aromatic carbocycles. The Labute approximate surface area is 51.9 Å². The lowest BCUT2D eigenvalue weighted by molar-refractivity contribution is -0.801. The molecule has 0 spiro atoms. The molecule has 0 bridgehead atoms. The van der Waals surface area contributed by atoms with Crippen molar-refractivity contribution >= 4 is 0 Å². The third kappa shape index (κ3) is 0.510. The standard InChI is InChI=1S/C7H16N/c1-5-8(4)6(2)7(8)3/h6-7H,5H2,1-4H3/q+1. The SMILES string of the molecule is CC[N+]1(C)C(C)C1C. The van der Waals surface area contributed by atoms with Crippen LogP contribution in [0, 0.1) is 0 Å². The van der Waals surface area contributed by atoms with E-state index in [1.807, 2.05) is 0 Å². The first-order chi connectivity index (χ1) is 3.63. The summed E-state index contributed by atoms with van der Waals surface area (Å²) in [5.74, 6) is 0. The quantitative estimate of drug-likeness (QED) is 0.355. The summed E-state index contributed by atoms with van der Waals surface area (Å²) in [5.41, 5.74) is 0. The Hall–Kier alpha value is -0.0400. The summed E-state index contributed by atoms with van der Waals surface area (Å²) in [7, 11) is 2.33. The van der Waals surface area contributed by atoms with Crippen LogP contribution < -0.4 is 0 Å². The molecule has 1 nitrogen and oxygen atoms in total. The lowest BCUT2D eigenvalue weighted by Gasteiger charge is -2.09. The summed E-state index contributed by atoms with van der Waals surface area (Å²) in [4.78, 5) is 0. The molecule has 1 aliphatic heterocycles. The molecule has 1 heterocycles. The van der Waals surface area contributed by atoms with E-state index in [0.717, 1.165) is 12.1 Å². The third-order valence-electron chi connectivity index (χ3n) is 3.15. The summed E-state index contributed by atoms with van der Waals surface area (Å²) >= 11 is 0. The Morgan fingerprint density at radius 3 is 1.62 bits per heavy atom. The topological polar surface area (TPSA) is 0 Å². The number of hydrogen-bond donors (Lipinski definition) is 0. The average molecular weight is 114 g/mol. The van der Waals surface area contributed by atoms with E-state index >= 15 is 0 Å². The summed E-state index contributed by atoms with van der Waals surface area (Å²) in [6.45, 7) is 8.21. The molecule has 0 aromatic rings. The molecule has 0 N–H and O–H groups in total. The van der Waals surface area contributed by atoms with Crippen molar-refractivity contribution in [2.24, 2.45) is 0 Å². The van der Waals surface area contributed by atoms with E-state index in [9.17, 15) is 0 Å². The molecule has 1 aliphatic rings. The molecule has 0 saturated carbocycles. The molecule has 2 atom stereocenters. The van der Waals surface area contributed by atoms with Gasteiger partial charge in [-0.15, -0.1) is 0 Å². The van der Waals surface area contributed by atoms with E-state index in [1.165, 1.54) is 11.0 Å². The van der Waals surface area contributed by atoms with E-state index < -0.39 is 0 Å². The van der Waals surface area contributed by atoms with Gasteiger partial charge in [-0.2, -0.15) is 0 Å². The highest BCUT2D eigenvalue weighted by atomic mass is 15.5. The monoisotopic (exact) mass is 114 g/mol. The lowest BCUT2D eigenvalue weighted by atomic mass is 10.4. The largest absolute Gasteiger partial charge is 0.312 e. The van der Waals surface area contributed by atoms with Gasteiger partial charge < -0.3 is 4.48 Å². The first-order valence-corrected chi connectivity index (χ1v) is 3.47. The van der Waals surface area contributed by atoms with E-state index in [0.29, 0.717) is 0 Å². The van der Waals surface area contributed by atoms with E-state index in [4.69, 9.17) is 0 Å². The minimum absolute atomic E-state index is 0.917. The predicted molar refractivity (Wildman–Crippen MR) is 35.6 cm³/mol. The number of hydrogen-bond acceptors (Lipinski definition) is 0. The second-order valence-electron chi connectivity index (χ2n) is 3.14. The van der Waals surface area contributed by atoms with Gasteiger partial charge in [0.05, 0.1) is 13.6 Å². The van der Waals surface area contributed by atoms with Gasteiger partial charge in [0.1, 0.15) is 12.1 Å². The van der Waals surface area contributed by atoms with Crippen LogP contribution in [0.5, 0.6) is 0 Å². The molecule has 8 heavy (non-hydrogen) atoms. The van der Waals surface area contributed by atoms with Gasteiger partial charge in [-0.05, 0) is 20.8 Å². The van der Waals surface area contributed by atoms with Crippen LogP contribution in [0.1, 0.15) is 20.8 Å². The second-order valence-corrected chi connectivity index (χ2v) is 3.14. The van der Waals surface area contributed by atoms with Crippen molar-refractivity contribution in [2.75, 3.05) is 13.6 Å². The molecule has 1 heteroatoms. The zero-order valence-electron chi connectivity index (χ0n) is 6.31. The molecule has 48 valence electrons. The summed E-state index contributed by atoms with van der Waals surface area (Å²) in [5, 5.41) is 0. The molecule has 2 unspecified atom stereocenters. The van der Waals surface area contributed by atoms with Crippen molar-refractivity contribution in [3.05, 3.63) is 0 Å². The number of quaternary nitrogens is 1. The lowest BCUT2D eigenvalue weighted by Crippen LogP contribution is -2.23. The molecule has 1 rings (SSSR count). The minimum Gasteiger partial charge on any atom is -0.312 e. The van der Waals surface area contributed by atoms with Crippen molar-refractivity contribution < 1.29 is 4.48 Å².